The third-order valence-corrected chi connectivity index (χ3v) is 5.05. The van der Waals surface area contributed by atoms with Crippen molar-refractivity contribution in [1.29, 1.82) is 0 Å². The van der Waals surface area contributed by atoms with Gasteiger partial charge in [0.2, 0.25) is 0 Å². The number of amides is 1. The van der Waals surface area contributed by atoms with Crippen LogP contribution in [0.5, 0.6) is 0 Å². The number of thioether (sulfide) groups is 1. The quantitative estimate of drug-likeness (QED) is 0.476. The van der Waals surface area contributed by atoms with Crippen LogP contribution in [-0.4, -0.2) is 5.91 Å². The Morgan fingerprint density at radius 2 is 1.81 bits per heavy atom. The second-order valence-electron chi connectivity index (χ2n) is 5.81. The Bertz CT molecular complexity index is 987. The van der Waals surface area contributed by atoms with E-state index in [2.05, 4.69) is 5.32 Å². The number of hydrogen-bond acceptors (Lipinski definition) is 4. The Morgan fingerprint density at radius 1 is 1.00 bits per heavy atom. The molecule has 0 radical (unpaired) electrons. The van der Waals surface area contributed by atoms with Crippen molar-refractivity contribution < 1.29 is 13.6 Å². The molecule has 0 saturated carbocycles. The highest BCUT2D eigenvalue weighted by Crippen LogP contribution is 2.25. The summed E-state index contributed by atoms with van der Waals surface area (Å²) in [6.45, 7) is 0.319. The van der Waals surface area contributed by atoms with Crippen molar-refractivity contribution in [3.8, 4) is 0 Å². The van der Waals surface area contributed by atoms with Crippen LogP contribution in [0.25, 0.3) is 11.0 Å². The molecule has 5 heteroatoms. The van der Waals surface area contributed by atoms with Crippen LogP contribution in [0.2, 0.25) is 0 Å². The van der Waals surface area contributed by atoms with E-state index >= 15 is 0 Å². The maximum Gasteiger partial charge on any atom is 0.287 e. The number of carbonyl (C=O) groups excluding carboxylic acids is 1. The fourth-order valence-electron chi connectivity index (χ4n) is 2.70. The second kappa shape index (κ2) is 7.54. The molecular weight excluding hydrogens is 346 g/mol. The molecule has 1 N–H and O–H groups in total. The van der Waals surface area contributed by atoms with Gasteiger partial charge in [0.05, 0.1) is 12.8 Å². The van der Waals surface area contributed by atoms with E-state index < -0.39 is 0 Å². The molecule has 0 bridgehead atoms. The molecule has 0 spiro atoms. The van der Waals surface area contributed by atoms with Crippen LogP contribution in [0, 0.1) is 0 Å². The van der Waals surface area contributed by atoms with Crippen LogP contribution in [0.15, 0.2) is 86.7 Å². The highest BCUT2D eigenvalue weighted by atomic mass is 32.2. The molecule has 130 valence electrons. The SMILES string of the molecule is O=C(NCc1cc2ccccc2o1)c1occc1CSc1ccccc1. The zero-order valence-corrected chi connectivity index (χ0v) is 14.8. The summed E-state index contributed by atoms with van der Waals surface area (Å²) in [5, 5.41) is 3.89. The maximum absolute atomic E-state index is 12.5. The van der Waals surface area contributed by atoms with E-state index in [1.54, 1.807) is 18.0 Å². The summed E-state index contributed by atoms with van der Waals surface area (Å²) in [5.74, 6) is 1.50. The summed E-state index contributed by atoms with van der Waals surface area (Å²) in [6, 6.07) is 21.6. The van der Waals surface area contributed by atoms with Crippen LogP contribution in [0.1, 0.15) is 21.9 Å². The van der Waals surface area contributed by atoms with Crippen LogP contribution < -0.4 is 5.32 Å². The summed E-state index contributed by atoms with van der Waals surface area (Å²) in [6.07, 6.45) is 1.55. The Kier molecular flexibility index (Phi) is 4.80. The third kappa shape index (κ3) is 3.68. The lowest BCUT2D eigenvalue weighted by molar-refractivity contribution is 0.0919. The summed E-state index contributed by atoms with van der Waals surface area (Å²) in [7, 11) is 0. The topological polar surface area (TPSA) is 55.4 Å². The van der Waals surface area contributed by atoms with Gasteiger partial charge in [-0.05, 0) is 30.3 Å². The van der Waals surface area contributed by atoms with Crippen molar-refractivity contribution in [2.45, 2.75) is 17.2 Å². The van der Waals surface area contributed by atoms with Crippen molar-refractivity contribution in [2.75, 3.05) is 0 Å². The van der Waals surface area contributed by atoms with E-state index in [0.29, 0.717) is 23.8 Å². The third-order valence-electron chi connectivity index (χ3n) is 3.99. The van der Waals surface area contributed by atoms with E-state index in [1.807, 2.05) is 66.7 Å². The van der Waals surface area contributed by atoms with Gasteiger partial charge in [-0.15, -0.1) is 11.8 Å². The minimum absolute atomic E-state index is 0.237. The number of rotatable bonds is 6. The van der Waals surface area contributed by atoms with E-state index in [4.69, 9.17) is 8.83 Å². The Labute approximate surface area is 155 Å². The summed E-state index contributed by atoms with van der Waals surface area (Å²) >= 11 is 1.67. The molecule has 26 heavy (non-hydrogen) atoms. The van der Waals surface area contributed by atoms with Crippen molar-refractivity contribution in [3.05, 3.63) is 90.1 Å². The summed E-state index contributed by atoms with van der Waals surface area (Å²) in [4.78, 5) is 13.6. The molecule has 2 aromatic heterocycles. The lowest BCUT2D eigenvalue weighted by atomic mass is 10.2. The number of nitrogens with one attached hydrogen (secondary N) is 1. The minimum atomic E-state index is -0.237. The standard InChI is InChI=1S/C21H17NO3S/c23-21(22-13-17-12-15-6-4-5-9-19(15)25-17)20-16(10-11-24-20)14-26-18-7-2-1-3-8-18/h1-12H,13-14H2,(H,22,23). The fourth-order valence-corrected chi connectivity index (χ4v) is 3.60. The van der Waals surface area contributed by atoms with Crippen molar-refractivity contribution >= 4 is 28.6 Å². The molecule has 0 atom stereocenters. The molecule has 0 aliphatic carbocycles. The first-order valence-corrected chi connectivity index (χ1v) is 9.28. The predicted molar refractivity (Wildman–Crippen MR) is 102 cm³/mol. The van der Waals surface area contributed by atoms with Gasteiger partial charge in [0.1, 0.15) is 11.3 Å². The van der Waals surface area contributed by atoms with Gasteiger partial charge in [0.25, 0.3) is 5.91 Å². The zero-order chi connectivity index (χ0) is 17.8. The molecule has 4 aromatic rings. The average Bonchev–Trinajstić information content (AvgIpc) is 3.31. The predicted octanol–water partition coefficient (Wildman–Crippen LogP) is 5.25. The van der Waals surface area contributed by atoms with Crippen LogP contribution in [0.4, 0.5) is 0 Å². The van der Waals surface area contributed by atoms with E-state index in [1.165, 1.54) is 0 Å². The highest BCUT2D eigenvalue weighted by molar-refractivity contribution is 7.98. The van der Waals surface area contributed by atoms with Gasteiger partial charge >= 0.3 is 0 Å². The van der Waals surface area contributed by atoms with Gasteiger partial charge in [-0.1, -0.05) is 36.4 Å². The van der Waals surface area contributed by atoms with Gasteiger partial charge in [-0.25, -0.2) is 0 Å². The molecule has 0 unspecified atom stereocenters. The number of furan rings is 2. The summed E-state index contributed by atoms with van der Waals surface area (Å²) in [5.41, 5.74) is 1.69. The minimum Gasteiger partial charge on any atom is -0.459 e. The van der Waals surface area contributed by atoms with Gasteiger partial charge in [-0.2, -0.15) is 0 Å². The normalized spacial score (nSPS) is 10.9. The molecule has 1 amide bonds. The smallest absolute Gasteiger partial charge is 0.287 e. The monoisotopic (exact) mass is 363 g/mol. The second-order valence-corrected chi connectivity index (χ2v) is 6.86. The van der Waals surface area contributed by atoms with Gasteiger partial charge in [-0.3, -0.25) is 4.79 Å². The fraction of sp³-hybridized carbons (Fsp3) is 0.0952. The first-order chi connectivity index (χ1) is 12.8. The maximum atomic E-state index is 12.5. The van der Waals surface area contributed by atoms with Crippen LogP contribution >= 0.6 is 11.8 Å². The highest BCUT2D eigenvalue weighted by Gasteiger charge is 2.16. The molecule has 0 fully saturated rings. The zero-order valence-electron chi connectivity index (χ0n) is 14.0. The van der Waals surface area contributed by atoms with Crippen molar-refractivity contribution in [2.24, 2.45) is 0 Å². The van der Waals surface area contributed by atoms with E-state index in [0.717, 1.165) is 21.4 Å². The average molecular weight is 363 g/mol. The first kappa shape index (κ1) is 16.5. The number of hydrogen-bond donors (Lipinski definition) is 1. The number of fused-ring (bicyclic) bond motifs is 1. The van der Waals surface area contributed by atoms with Gasteiger partial charge < -0.3 is 14.2 Å². The lowest BCUT2D eigenvalue weighted by Gasteiger charge is -2.04. The van der Waals surface area contributed by atoms with Crippen LogP contribution in [-0.2, 0) is 12.3 Å². The largest absolute Gasteiger partial charge is 0.459 e. The molecule has 2 heterocycles. The first-order valence-electron chi connectivity index (χ1n) is 8.29. The van der Waals surface area contributed by atoms with Crippen molar-refractivity contribution in [3.63, 3.8) is 0 Å². The van der Waals surface area contributed by atoms with E-state index in [-0.39, 0.29) is 5.91 Å². The van der Waals surface area contributed by atoms with Crippen molar-refractivity contribution in [1.82, 2.24) is 5.32 Å². The van der Waals surface area contributed by atoms with Crippen LogP contribution in [0.3, 0.4) is 0 Å². The summed E-state index contributed by atoms with van der Waals surface area (Å²) < 4.78 is 11.1. The molecule has 4 nitrogen and oxygen atoms in total. The molecule has 4 rings (SSSR count). The number of carbonyl (C=O) groups is 1. The lowest BCUT2D eigenvalue weighted by Crippen LogP contribution is -2.23. The number of para-hydroxylation sites is 1. The Hall–Kier alpha value is -2.92. The van der Waals surface area contributed by atoms with E-state index in [9.17, 15) is 4.79 Å². The van der Waals surface area contributed by atoms with Gasteiger partial charge in [0.15, 0.2) is 5.76 Å². The molecule has 2 aromatic carbocycles. The Balaban J connectivity index is 1.39. The Morgan fingerprint density at radius 3 is 2.65 bits per heavy atom. The number of benzene rings is 2. The molecule has 0 aliphatic rings. The van der Waals surface area contributed by atoms with Gasteiger partial charge in [0, 0.05) is 21.6 Å². The molecule has 0 saturated heterocycles. The molecular formula is C21H17NO3S. The molecule has 0 aliphatic heterocycles.